The van der Waals surface area contributed by atoms with E-state index in [9.17, 15) is 0 Å². The second-order valence-corrected chi connectivity index (χ2v) is 2.63. The highest BCUT2D eigenvalue weighted by Crippen LogP contribution is 2.11. The molecule has 0 aliphatic rings. The number of pyridine rings is 1. The fourth-order valence-electron chi connectivity index (χ4n) is 0.579. The van der Waals surface area contributed by atoms with E-state index in [0.29, 0.717) is 0 Å². The van der Waals surface area contributed by atoms with Gasteiger partial charge < -0.3 is 0 Å². The van der Waals surface area contributed by atoms with Gasteiger partial charge in [0.2, 0.25) is 0 Å². The van der Waals surface area contributed by atoms with Crippen LogP contribution in [0.4, 0.5) is 0 Å². The van der Waals surface area contributed by atoms with Crippen LogP contribution in [-0.2, 0) is 0 Å². The Balaban J connectivity index is 2.94. The number of nitrogens with zero attached hydrogens (tertiary/aromatic N) is 1. The predicted molar refractivity (Wildman–Crippen MR) is 39.6 cm³/mol. The van der Waals surface area contributed by atoms with Gasteiger partial charge >= 0.3 is 0 Å². The lowest BCUT2D eigenvalue weighted by Gasteiger charge is -1.93. The van der Waals surface area contributed by atoms with E-state index in [1.54, 1.807) is 18.0 Å². The summed E-state index contributed by atoms with van der Waals surface area (Å²) in [5.74, 6) is 0. The summed E-state index contributed by atoms with van der Waals surface area (Å²) in [7, 11) is 0. The Morgan fingerprint density at radius 2 is 2.33 bits per heavy atom. The van der Waals surface area contributed by atoms with Crippen LogP contribution < -0.4 is 0 Å². The summed E-state index contributed by atoms with van der Waals surface area (Å²) in [5, 5.41) is 0. The smallest absolute Gasteiger partial charge is 0.0410 e. The standard InChI is InChI=1S/C7H8NS/c1-6-3-7(9-2)5-8-4-6/h4-5H,1-2H3. The number of hydrogen-bond acceptors (Lipinski definition) is 2. The van der Waals surface area contributed by atoms with Crippen molar-refractivity contribution in [1.29, 1.82) is 0 Å². The van der Waals surface area contributed by atoms with Gasteiger partial charge in [0, 0.05) is 23.4 Å². The fraction of sp³-hybridized carbons (Fsp3) is 0.286. The molecule has 0 atom stereocenters. The summed E-state index contributed by atoms with van der Waals surface area (Å²) in [6, 6.07) is 3.16. The zero-order valence-electron chi connectivity index (χ0n) is 5.51. The lowest BCUT2D eigenvalue weighted by molar-refractivity contribution is 1.18. The average molecular weight is 138 g/mol. The molecule has 1 aromatic rings. The van der Waals surface area contributed by atoms with Gasteiger partial charge in [-0.1, -0.05) is 0 Å². The fourth-order valence-corrected chi connectivity index (χ4v) is 1.01. The first-order chi connectivity index (χ1) is 4.33. The van der Waals surface area contributed by atoms with E-state index in [2.05, 4.69) is 11.1 Å². The first-order valence-corrected chi connectivity index (χ1v) is 3.93. The molecule has 0 saturated heterocycles. The molecule has 1 radical (unpaired) electrons. The molecule has 1 rings (SSSR count). The van der Waals surface area contributed by atoms with Gasteiger partial charge in [0.05, 0.1) is 0 Å². The van der Waals surface area contributed by atoms with Crippen molar-refractivity contribution in [2.75, 3.05) is 6.26 Å². The SMILES string of the molecule is CSc1[c]c(C)cnc1. The predicted octanol–water partition coefficient (Wildman–Crippen LogP) is 1.91. The summed E-state index contributed by atoms with van der Waals surface area (Å²) in [5.41, 5.74) is 1.10. The first kappa shape index (κ1) is 6.62. The van der Waals surface area contributed by atoms with Crippen LogP contribution >= 0.6 is 11.8 Å². The van der Waals surface area contributed by atoms with E-state index >= 15 is 0 Å². The van der Waals surface area contributed by atoms with Crippen LogP contribution in [0.15, 0.2) is 17.3 Å². The number of aromatic nitrogens is 1. The molecule has 0 amide bonds. The minimum atomic E-state index is 1.10. The summed E-state index contributed by atoms with van der Waals surface area (Å²) in [6.07, 6.45) is 5.64. The van der Waals surface area contributed by atoms with Crippen LogP contribution in [0.2, 0.25) is 0 Å². The lowest BCUT2D eigenvalue weighted by Crippen LogP contribution is -1.77. The van der Waals surface area contributed by atoms with Crippen molar-refractivity contribution in [2.45, 2.75) is 11.8 Å². The normalized spacial score (nSPS) is 9.56. The van der Waals surface area contributed by atoms with Crippen LogP contribution in [0, 0.1) is 13.0 Å². The van der Waals surface area contributed by atoms with E-state index in [0.717, 1.165) is 10.5 Å². The molecule has 1 nitrogen and oxygen atoms in total. The molecule has 0 aliphatic heterocycles. The van der Waals surface area contributed by atoms with Crippen molar-refractivity contribution in [1.82, 2.24) is 4.98 Å². The molecule has 47 valence electrons. The molecule has 0 spiro atoms. The zero-order chi connectivity index (χ0) is 6.69. The Morgan fingerprint density at radius 3 is 2.78 bits per heavy atom. The highest BCUT2D eigenvalue weighted by Gasteiger charge is 1.88. The molecule has 0 aliphatic carbocycles. The van der Waals surface area contributed by atoms with Gasteiger partial charge in [-0.15, -0.1) is 11.8 Å². The van der Waals surface area contributed by atoms with E-state index in [1.165, 1.54) is 0 Å². The van der Waals surface area contributed by atoms with Crippen molar-refractivity contribution >= 4 is 11.8 Å². The van der Waals surface area contributed by atoms with Gasteiger partial charge in [-0.3, -0.25) is 4.98 Å². The van der Waals surface area contributed by atoms with E-state index in [-0.39, 0.29) is 0 Å². The Morgan fingerprint density at radius 1 is 1.56 bits per heavy atom. The van der Waals surface area contributed by atoms with Crippen molar-refractivity contribution in [3.63, 3.8) is 0 Å². The Hall–Kier alpha value is -0.500. The molecule has 0 bridgehead atoms. The summed E-state index contributed by atoms with van der Waals surface area (Å²) in [6.45, 7) is 1.99. The first-order valence-electron chi connectivity index (χ1n) is 2.71. The largest absolute Gasteiger partial charge is 0.263 e. The molecule has 2 heteroatoms. The molecule has 1 aromatic heterocycles. The van der Waals surface area contributed by atoms with Crippen LogP contribution in [0.3, 0.4) is 0 Å². The molecular weight excluding hydrogens is 130 g/mol. The van der Waals surface area contributed by atoms with E-state index in [1.807, 2.05) is 19.4 Å². The summed E-state index contributed by atoms with van der Waals surface area (Å²) < 4.78 is 0. The minimum Gasteiger partial charge on any atom is -0.263 e. The van der Waals surface area contributed by atoms with Gasteiger partial charge in [-0.2, -0.15) is 0 Å². The third kappa shape index (κ3) is 1.72. The molecule has 0 saturated carbocycles. The van der Waals surface area contributed by atoms with Gasteiger partial charge in [0.1, 0.15) is 0 Å². The monoisotopic (exact) mass is 138 g/mol. The van der Waals surface area contributed by atoms with Gasteiger partial charge in [0.25, 0.3) is 0 Å². The zero-order valence-corrected chi connectivity index (χ0v) is 6.33. The number of aryl methyl sites for hydroxylation is 1. The minimum absolute atomic E-state index is 1.10. The maximum atomic E-state index is 4.00. The molecule has 0 fully saturated rings. The summed E-state index contributed by atoms with van der Waals surface area (Å²) in [4.78, 5) is 5.11. The lowest BCUT2D eigenvalue weighted by atomic mass is 10.3. The maximum Gasteiger partial charge on any atom is 0.0410 e. The van der Waals surface area contributed by atoms with Crippen LogP contribution in [-0.4, -0.2) is 11.2 Å². The van der Waals surface area contributed by atoms with Crippen LogP contribution in [0.5, 0.6) is 0 Å². The summed E-state index contributed by atoms with van der Waals surface area (Å²) >= 11 is 1.66. The number of rotatable bonds is 1. The average Bonchev–Trinajstić information content (AvgIpc) is 1.88. The Labute approximate surface area is 59.5 Å². The Bertz CT molecular complexity index is 198. The molecule has 1 heterocycles. The second kappa shape index (κ2) is 2.87. The van der Waals surface area contributed by atoms with Crippen molar-refractivity contribution < 1.29 is 0 Å². The highest BCUT2D eigenvalue weighted by atomic mass is 32.2. The highest BCUT2D eigenvalue weighted by molar-refractivity contribution is 7.98. The van der Waals surface area contributed by atoms with Crippen LogP contribution in [0.25, 0.3) is 0 Å². The third-order valence-electron chi connectivity index (χ3n) is 1.00. The van der Waals surface area contributed by atoms with Crippen molar-refractivity contribution in [3.05, 3.63) is 24.0 Å². The number of hydrogen-bond donors (Lipinski definition) is 0. The van der Waals surface area contributed by atoms with Gasteiger partial charge in [-0.05, 0) is 18.7 Å². The van der Waals surface area contributed by atoms with Crippen molar-refractivity contribution in [2.24, 2.45) is 0 Å². The van der Waals surface area contributed by atoms with E-state index in [4.69, 9.17) is 0 Å². The third-order valence-corrected chi connectivity index (χ3v) is 1.65. The second-order valence-electron chi connectivity index (χ2n) is 1.78. The molecule has 0 N–H and O–H groups in total. The molecule has 9 heavy (non-hydrogen) atoms. The molecule has 0 aromatic carbocycles. The van der Waals surface area contributed by atoms with Gasteiger partial charge in [0.15, 0.2) is 0 Å². The number of thioether (sulfide) groups is 1. The quantitative estimate of drug-likeness (QED) is 0.550. The molecule has 0 unspecified atom stereocenters. The topological polar surface area (TPSA) is 12.9 Å². The van der Waals surface area contributed by atoms with Crippen molar-refractivity contribution in [3.8, 4) is 0 Å². The Kier molecular flexibility index (Phi) is 2.11. The molecular formula is C7H8NS. The van der Waals surface area contributed by atoms with Gasteiger partial charge in [-0.25, -0.2) is 0 Å². The van der Waals surface area contributed by atoms with Crippen LogP contribution in [0.1, 0.15) is 5.56 Å². The van der Waals surface area contributed by atoms with E-state index < -0.39 is 0 Å². The maximum absolute atomic E-state index is 4.00.